The lowest BCUT2D eigenvalue weighted by Crippen LogP contribution is -2.17. The molecule has 0 spiro atoms. The smallest absolute Gasteiger partial charge is 0.376 e. The third kappa shape index (κ3) is 3.78. The fraction of sp³-hybridized carbons (Fsp3) is 0.0500. The van der Waals surface area contributed by atoms with Crippen molar-refractivity contribution in [3.8, 4) is 0 Å². The quantitative estimate of drug-likeness (QED) is 0.372. The first kappa shape index (κ1) is 19.7. The highest BCUT2D eigenvalue weighted by atomic mass is 35.5. The summed E-state index contributed by atoms with van der Waals surface area (Å²) < 4.78 is 1.65. The molecule has 2 N–H and O–H groups in total. The SMILES string of the molecule is O=C(O)C(=O)C=C(O)c1cn(Cc2c(Cl)cccc2Cl)c2ccccc2c1=O. The van der Waals surface area contributed by atoms with E-state index in [1.165, 1.54) is 6.20 Å². The van der Waals surface area contributed by atoms with Crippen LogP contribution in [0, 0.1) is 0 Å². The zero-order valence-corrected chi connectivity index (χ0v) is 15.7. The molecule has 8 heteroatoms. The number of aliphatic hydroxyl groups is 1. The third-order valence-corrected chi connectivity index (χ3v) is 4.84. The van der Waals surface area contributed by atoms with E-state index in [-0.39, 0.29) is 17.5 Å². The van der Waals surface area contributed by atoms with Crippen molar-refractivity contribution >= 4 is 51.6 Å². The largest absolute Gasteiger partial charge is 0.507 e. The van der Waals surface area contributed by atoms with Crippen molar-refractivity contribution in [2.45, 2.75) is 6.54 Å². The van der Waals surface area contributed by atoms with E-state index in [9.17, 15) is 19.5 Å². The number of para-hydroxylation sites is 1. The van der Waals surface area contributed by atoms with E-state index in [0.717, 1.165) is 0 Å². The van der Waals surface area contributed by atoms with Crippen LogP contribution in [0.3, 0.4) is 0 Å². The molecule has 28 heavy (non-hydrogen) atoms. The molecule has 1 heterocycles. The minimum Gasteiger partial charge on any atom is -0.507 e. The minimum atomic E-state index is -1.74. The molecule has 0 atom stereocenters. The van der Waals surface area contributed by atoms with Crippen LogP contribution in [0.1, 0.15) is 11.1 Å². The van der Waals surface area contributed by atoms with E-state index < -0.39 is 22.9 Å². The number of carbonyl (C=O) groups excluding carboxylic acids is 1. The number of rotatable bonds is 5. The zero-order valence-electron chi connectivity index (χ0n) is 14.2. The van der Waals surface area contributed by atoms with E-state index in [0.29, 0.717) is 27.2 Å². The van der Waals surface area contributed by atoms with Gasteiger partial charge in [-0.2, -0.15) is 0 Å². The maximum atomic E-state index is 12.7. The van der Waals surface area contributed by atoms with E-state index >= 15 is 0 Å². The summed E-state index contributed by atoms with van der Waals surface area (Å²) in [5.74, 6) is -3.82. The van der Waals surface area contributed by atoms with Gasteiger partial charge in [-0.15, -0.1) is 0 Å². The molecular formula is C20H13Cl2NO5. The Balaban J connectivity index is 2.23. The molecule has 0 bridgehead atoms. The molecule has 0 amide bonds. The zero-order chi connectivity index (χ0) is 20.4. The first-order valence-corrected chi connectivity index (χ1v) is 8.78. The van der Waals surface area contributed by atoms with Crippen molar-refractivity contribution < 1.29 is 19.8 Å². The van der Waals surface area contributed by atoms with Crippen molar-refractivity contribution in [2.24, 2.45) is 0 Å². The van der Waals surface area contributed by atoms with Gasteiger partial charge in [0.1, 0.15) is 5.76 Å². The first-order chi connectivity index (χ1) is 13.3. The number of hydrogen-bond donors (Lipinski definition) is 2. The molecule has 0 unspecified atom stereocenters. The van der Waals surface area contributed by atoms with Crippen LogP contribution < -0.4 is 5.43 Å². The van der Waals surface area contributed by atoms with Gasteiger partial charge in [0, 0.05) is 33.3 Å². The minimum absolute atomic E-state index is 0.187. The predicted molar refractivity (Wildman–Crippen MR) is 107 cm³/mol. The number of pyridine rings is 1. The van der Waals surface area contributed by atoms with Crippen molar-refractivity contribution in [1.82, 2.24) is 4.57 Å². The second-order valence-corrected chi connectivity index (χ2v) is 6.73. The molecule has 0 radical (unpaired) electrons. The number of carboxylic acids is 1. The number of halogens is 2. The fourth-order valence-electron chi connectivity index (χ4n) is 2.78. The molecule has 0 saturated carbocycles. The van der Waals surface area contributed by atoms with E-state index in [2.05, 4.69) is 0 Å². The molecule has 3 aromatic rings. The van der Waals surface area contributed by atoms with Crippen LogP contribution >= 0.6 is 23.2 Å². The lowest BCUT2D eigenvalue weighted by Gasteiger charge is -2.15. The Morgan fingerprint density at radius 1 is 1.00 bits per heavy atom. The van der Waals surface area contributed by atoms with Gasteiger partial charge in [0.05, 0.1) is 17.6 Å². The predicted octanol–water partition coefficient (Wildman–Crippen LogP) is 3.91. The van der Waals surface area contributed by atoms with E-state index in [4.69, 9.17) is 28.3 Å². The fourth-order valence-corrected chi connectivity index (χ4v) is 3.29. The highest BCUT2D eigenvalue weighted by Gasteiger charge is 2.17. The summed E-state index contributed by atoms with van der Waals surface area (Å²) in [4.78, 5) is 34.9. The molecule has 3 rings (SSSR count). The summed E-state index contributed by atoms with van der Waals surface area (Å²) in [5.41, 5.74) is 0.417. The summed E-state index contributed by atoms with van der Waals surface area (Å²) in [6.45, 7) is 0.187. The van der Waals surface area contributed by atoms with Crippen LogP contribution in [0.5, 0.6) is 0 Å². The van der Waals surface area contributed by atoms with Gasteiger partial charge in [-0.3, -0.25) is 9.59 Å². The Morgan fingerprint density at radius 3 is 2.29 bits per heavy atom. The molecule has 1 aromatic heterocycles. The summed E-state index contributed by atoms with van der Waals surface area (Å²) >= 11 is 12.5. The second kappa shape index (κ2) is 7.88. The number of aliphatic hydroxyl groups excluding tert-OH is 1. The van der Waals surface area contributed by atoms with Crippen molar-refractivity contribution in [3.05, 3.63) is 86.1 Å². The number of benzene rings is 2. The molecule has 0 aliphatic carbocycles. The van der Waals surface area contributed by atoms with E-state index in [1.807, 2.05) is 0 Å². The summed E-state index contributed by atoms with van der Waals surface area (Å²) in [7, 11) is 0. The van der Waals surface area contributed by atoms with Crippen molar-refractivity contribution in [3.63, 3.8) is 0 Å². The summed E-state index contributed by atoms with van der Waals surface area (Å²) in [5, 5.41) is 20.0. The van der Waals surface area contributed by atoms with Gasteiger partial charge in [0.25, 0.3) is 5.78 Å². The van der Waals surface area contributed by atoms with Gasteiger partial charge in [-0.05, 0) is 24.3 Å². The number of ketones is 1. The average molecular weight is 418 g/mol. The second-order valence-electron chi connectivity index (χ2n) is 5.92. The number of aromatic nitrogens is 1. The number of fused-ring (bicyclic) bond motifs is 1. The van der Waals surface area contributed by atoms with Crippen LogP contribution in [0.15, 0.2) is 59.5 Å². The van der Waals surface area contributed by atoms with Gasteiger partial charge >= 0.3 is 5.97 Å². The highest BCUT2D eigenvalue weighted by molar-refractivity contribution is 6.38. The normalized spacial score (nSPS) is 11.6. The molecule has 142 valence electrons. The van der Waals surface area contributed by atoms with Crippen LogP contribution in [0.2, 0.25) is 10.0 Å². The Kier molecular flexibility index (Phi) is 5.53. The molecule has 0 saturated heterocycles. The van der Waals surface area contributed by atoms with Crippen molar-refractivity contribution in [1.29, 1.82) is 0 Å². The number of carboxylic acid groups (broad SMARTS) is 1. The Morgan fingerprint density at radius 2 is 1.64 bits per heavy atom. The van der Waals surface area contributed by atoms with Gasteiger partial charge in [0.2, 0.25) is 0 Å². The molecule has 2 aromatic carbocycles. The Bertz CT molecular complexity index is 1180. The maximum Gasteiger partial charge on any atom is 0.376 e. The maximum absolute atomic E-state index is 12.7. The lowest BCUT2D eigenvalue weighted by molar-refractivity contribution is -0.146. The average Bonchev–Trinajstić information content (AvgIpc) is 2.66. The number of aliphatic carboxylic acids is 1. The number of hydrogen-bond acceptors (Lipinski definition) is 4. The number of carbonyl (C=O) groups is 2. The van der Waals surface area contributed by atoms with Crippen LogP contribution in [-0.2, 0) is 16.1 Å². The van der Waals surface area contributed by atoms with Gasteiger partial charge in [0.15, 0.2) is 5.43 Å². The van der Waals surface area contributed by atoms with Gasteiger partial charge in [-0.1, -0.05) is 41.4 Å². The van der Waals surface area contributed by atoms with Gasteiger partial charge in [-0.25, -0.2) is 4.79 Å². The Labute approximate surface area is 168 Å². The first-order valence-electron chi connectivity index (χ1n) is 8.03. The lowest BCUT2D eigenvalue weighted by atomic mass is 10.1. The van der Waals surface area contributed by atoms with Crippen LogP contribution in [0.25, 0.3) is 16.7 Å². The number of nitrogens with zero attached hydrogens (tertiary/aromatic N) is 1. The topological polar surface area (TPSA) is 96.6 Å². The van der Waals surface area contributed by atoms with Crippen LogP contribution in [-0.4, -0.2) is 26.5 Å². The standard InChI is InChI=1S/C20H13Cl2NO5/c21-14-5-3-6-15(22)12(14)9-23-10-13(17(24)8-18(25)20(27)28)19(26)11-4-1-2-7-16(11)23/h1-8,10,24H,9H2,(H,27,28). The van der Waals surface area contributed by atoms with E-state index in [1.54, 1.807) is 47.0 Å². The van der Waals surface area contributed by atoms with Gasteiger partial charge < -0.3 is 14.8 Å². The highest BCUT2D eigenvalue weighted by Crippen LogP contribution is 2.26. The molecular weight excluding hydrogens is 405 g/mol. The third-order valence-electron chi connectivity index (χ3n) is 4.13. The molecule has 6 nitrogen and oxygen atoms in total. The summed E-state index contributed by atoms with van der Waals surface area (Å²) in [6.07, 6.45) is 1.84. The molecule has 0 aliphatic heterocycles. The van der Waals surface area contributed by atoms with Crippen molar-refractivity contribution in [2.75, 3.05) is 0 Å². The summed E-state index contributed by atoms with van der Waals surface area (Å²) in [6, 6.07) is 11.7. The van der Waals surface area contributed by atoms with Crippen LogP contribution in [0.4, 0.5) is 0 Å². The Hall–Kier alpha value is -3.09. The molecule has 0 fully saturated rings. The molecule has 0 aliphatic rings. The monoisotopic (exact) mass is 417 g/mol.